The lowest BCUT2D eigenvalue weighted by Crippen LogP contribution is -2.66. The third-order valence-corrected chi connectivity index (χ3v) is 5.78. The maximum absolute atomic E-state index is 5.77. The van der Waals surface area contributed by atoms with Gasteiger partial charge >= 0.3 is 0 Å². The minimum Gasteiger partial charge on any atom is -0.382 e. The van der Waals surface area contributed by atoms with Crippen LogP contribution in [-0.4, -0.2) is 54.7 Å². The van der Waals surface area contributed by atoms with Crippen LogP contribution >= 0.6 is 0 Å². The van der Waals surface area contributed by atoms with E-state index in [1.807, 2.05) is 12.3 Å². The summed E-state index contributed by atoms with van der Waals surface area (Å²) in [6.07, 6.45) is 5.07. The van der Waals surface area contributed by atoms with Crippen molar-refractivity contribution in [1.82, 2.24) is 15.3 Å². The Hall–Kier alpha value is -2.12. The van der Waals surface area contributed by atoms with Crippen LogP contribution < -0.4 is 16.1 Å². The largest absolute Gasteiger partial charge is 0.382 e. The van der Waals surface area contributed by atoms with Crippen LogP contribution in [0.2, 0.25) is 0 Å². The molecule has 0 bridgehead atoms. The van der Waals surface area contributed by atoms with E-state index in [-0.39, 0.29) is 6.17 Å². The topological polar surface area (TPSA) is 79.0 Å². The number of pyridine rings is 1. The van der Waals surface area contributed by atoms with Gasteiger partial charge in [-0.3, -0.25) is 15.3 Å². The smallest absolute Gasteiger partial charge is 0.143 e. The zero-order valence-electron chi connectivity index (χ0n) is 14.5. The molecular weight excluding hydrogens is 316 g/mol. The van der Waals surface area contributed by atoms with Crippen LogP contribution in [0.15, 0.2) is 29.0 Å². The molecule has 0 radical (unpaired) electrons. The fourth-order valence-electron chi connectivity index (χ4n) is 4.30. The van der Waals surface area contributed by atoms with Gasteiger partial charge in [0.15, 0.2) is 0 Å². The Balaban J connectivity index is 1.32. The molecule has 25 heavy (non-hydrogen) atoms. The summed E-state index contributed by atoms with van der Waals surface area (Å²) in [6, 6.07) is 2.32. The summed E-state index contributed by atoms with van der Waals surface area (Å²) < 4.78 is 5.37. The van der Waals surface area contributed by atoms with Crippen molar-refractivity contribution in [1.29, 1.82) is 0 Å². The molecule has 2 saturated heterocycles. The molecule has 4 aliphatic heterocycles. The molecule has 0 saturated carbocycles. The van der Waals surface area contributed by atoms with E-state index < -0.39 is 0 Å². The Morgan fingerprint density at radius 3 is 2.92 bits per heavy atom. The van der Waals surface area contributed by atoms with Gasteiger partial charge in [0, 0.05) is 38.3 Å². The van der Waals surface area contributed by atoms with Crippen molar-refractivity contribution in [2.24, 2.45) is 16.3 Å². The number of ether oxygens (including phenoxy) is 1. The number of nitrogens with two attached hydrogens (primary N) is 1. The molecule has 0 amide bonds. The molecule has 7 heteroatoms. The Labute approximate surface area is 147 Å². The van der Waals surface area contributed by atoms with E-state index in [0.29, 0.717) is 11.3 Å². The SMILES string of the molecule is CC1=CC(N)=NNC1N1CCc2ncc(N3CC4(COC4)C3)cc2C1. The highest BCUT2D eigenvalue weighted by Crippen LogP contribution is 2.40. The van der Waals surface area contributed by atoms with Crippen LogP contribution in [0.4, 0.5) is 5.69 Å². The van der Waals surface area contributed by atoms with Gasteiger partial charge in [0.05, 0.1) is 30.5 Å². The van der Waals surface area contributed by atoms with E-state index in [1.165, 1.54) is 22.5 Å². The number of rotatable bonds is 2. The van der Waals surface area contributed by atoms with Crippen molar-refractivity contribution in [3.8, 4) is 0 Å². The average Bonchev–Trinajstić information content (AvgIpc) is 2.51. The van der Waals surface area contributed by atoms with Gasteiger partial charge in [0.2, 0.25) is 0 Å². The highest BCUT2D eigenvalue weighted by atomic mass is 16.5. The Morgan fingerprint density at radius 1 is 1.36 bits per heavy atom. The molecular formula is C18H24N6O. The average molecular weight is 340 g/mol. The first-order chi connectivity index (χ1) is 12.1. The van der Waals surface area contributed by atoms with Gasteiger partial charge in [0.1, 0.15) is 12.0 Å². The zero-order valence-corrected chi connectivity index (χ0v) is 14.5. The van der Waals surface area contributed by atoms with Gasteiger partial charge in [-0.25, -0.2) is 0 Å². The van der Waals surface area contributed by atoms with E-state index in [0.717, 1.165) is 45.8 Å². The van der Waals surface area contributed by atoms with E-state index in [4.69, 9.17) is 15.5 Å². The fraction of sp³-hybridized carbons (Fsp3) is 0.556. The maximum Gasteiger partial charge on any atom is 0.143 e. The number of anilines is 1. The first-order valence-electron chi connectivity index (χ1n) is 8.93. The summed E-state index contributed by atoms with van der Waals surface area (Å²) in [4.78, 5) is 9.57. The molecule has 0 aliphatic carbocycles. The molecule has 1 aromatic heterocycles. The maximum atomic E-state index is 5.77. The predicted octanol–water partition coefficient (Wildman–Crippen LogP) is 0.424. The molecule has 7 nitrogen and oxygen atoms in total. The van der Waals surface area contributed by atoms with Crippen LogP contribution in [0.25, 0.3) is 0 Å². The summed E-state index contributed by atoms with van der Waals surface area (Å²) in [5.74, 6) is 0.543. The third-order valence-electron chi connectivity index (χ3n) is 5.78. The summed E-state index contributed by atoms with van der Waals surface area (Å²) in [5.41, 5.74) is 14.4. The number of hydrazone groups is 1. The highest BCUT2D eigenvalue weighted by molar-refractivity contribution is 5.92. The molecule has 5 heterocycles. The minimum absolute atomic E-state index is 0.114. The van der Waals surface area contributed by atoms with Gasteiger partial charge in [-0.1, -0.05) is 0 Å². The molecule has 3 N–H and O–H groups in total. The second-order valence-corrected chi connectivity index (χ2v) is 7.83. The van der Waals surface area contributed by atoms with Gasteiger partial charge < -0.3 is 15.4 Å². The fourth-order valence-corrected chi connectivity index (χ4v) is 4.30. The standard InChI is InChI=1S/C18H24N6O/c1-12-4-16(19)21-22-17(12)23-3-2-15-13(7-23)5-14(6-20-15)24-8-18(9-24)10-25-11-18/h4-6,17,22H,2-3,7-11H2,1H3,(H2,19,21). The molecule has 5 rings (SSSR count). The normalized spacial score (nSPS) is 27.6. The molecule has 1 spiro atoms. The van der Waals surface area contributed by atoms with Gasteiger partial charge in [-0.2, -0.15) is 5.10 Å². The van der Waals surface area contributed by atoms with E-state index in [9.17, 15) is 0 Å². The Bertz CT molecular complexity index is 761. The number of fused-ring (bicyclic) bond motifs is 1. The minimum atomic E-state index is 0.114. The van der Waals surface area contributed by atoms with Crippen LogP contribution in [-0.2, 0) is 17.7 Å². The molecule has 4 aliphatic rings. The van der Waals surface area contributed by atoms with Crippen LogP contribution in [0, 0.1) is 5.41 Å². The van der Waals surface area contributed by atoms with Crippen molar-refractivity contribution in [3.63, 3.8) is 0 Å². The molecule has 1 aromatic rings. The quantitative estimate of drug-likeness (QED) is 0.813. The van der Waals surface area contributed by atoms with Crippen molar-refractivity contribution >= 4 is 11.5 Å². The number of aromatic nitrogens is 1. The van der Waals surface area contributed by atoms with Crippen LogP contribution in [0.3, 0.4) is 0 Å². The summed E-state index contributed by atoms with van der Waals surface area (Å²) in [6.45, 7) is 7.98. The Kier molecular flexibility index (Phi) is 3.30. The first kappa shape index (κ1) is 15.2. The summed E-state index contributed by atoms with van der Waals surface area (Å²) in [7, 11) is 0. The van der Waals surface area contributed by atoms with Crippen LogP contribution in [0.5, 0.6) is 0 Å². The van der Waals surface area contributed by atoms with E-state index >= 15 is 0 Å². The number of amidine groups is 1. The van der Waals surface area contributed by atoms with E-state index in [2.05, 4.69) is 33.3 Å². The second kappa shape index (κ2) is 5.44. The van der Waals surface area contributed by atoms with Crippen molar-refractivity contribution in [3.05, 3.63) is 35.2 Å². The number of nitrogens with zero attached hydrogens (tertiary/aromatic N) is 4. The lowest BCUT2D eigenvalue weighted by molar-refractivity contribution is -0.127. The lowest BCUT2D eigenvalue weighted by atomic mass is 9.78. The van der Waals surface area contributed by atoms with Crippen LogP contribution in [0.1, 0.15) is 18.2 Å². The number of hydrogen-bond donors (Lipinski definition) is 2. The second-order valence-electron chi connectivity index (χ2n) is 7.83. The van der Waals surface area contributed by atoms with Crippen molar-refractivity contribution < 1.29 is 4.74 Å². The molecule has 1 unspecified atom stereocenters. The molecule has 2 fully saturated rings. The zero-order chi connectivity index (χ0) is 17.0. The van der Waals surface area contributed by atoms with Gasteiger partial charge in [-0.05, 0) is 30.2 Å². The Morgan fingerprint density at radius 2 is 2.20 bits per heavy atom. The molecule has 0 aromatic carbocycles. The monoisotopic (exact) mass is 340 g/mol. The highest BCUT2D eigenvalue weighted by Gasteiger charge is 2.49. The summed E-state index contributed by atoms with van der Waals surface area (Å²) in [5, 5.41) is 4.18. The number of hydrogen-bond acceptors (Lipinski definition) is 7. The number of nitrogens with one attached hydrogen (secondary N) is 1. The van der Waals surface area contributed by atoms with Gasteiger partial charge in [0.25, 0.3) is 0 Å². The third kappa shape index (κ3) is 2.49. The van der Waals surface area contributed by atoms with Crippen molar-refractivity contribution in [2.45, 2.75) is 26.1 Å². The lowest BCUT2D eigenvalue weighted by Gasteiger charge is -2.56. The van der Waals surface area contributed by atoms with Crippen molar-refractivity contribution in [2.75, 3.05) is 37.7 Å². The van der Waals surface area contributed by atoms with E-state index in [1.54, 1.807) is 0 Å². The first-order valence-corrected chi connectivity index (χ1v) is 8.93. The molecule has 132 valence electrons. The van der Waals surface area contributed by atoms with Gasteiger partial charge in [-0.15, -0.1) is 0 Å². The summed E-state index contributed by atoms with van der Waals surface area (Å²) >= 11 is 0. The predicted molar refractivity (Wildman–Crippen MR) is 96.1 cm³/mol. The molecule has 1 atom stereocenters.